The van der Waals surface area contributed by atoms with E-state index in [1.807, 2.05) is 5.38 Å². The maximum atomic E-state index is 12.5. The van der Waals surface area contributed by atoms with Crippen LogP contribution in [0.15, 0.2) is 5.38 Å². The molecule has 1 aromatic rings. The first kappa shape index (κ1) is 16.2. The Bertz CT molecular complexity index is 377. The minimum Gasteiger partial charge on any atom is -0.337 e. The monoisotopic (exact) mass is 295 g/mol. The van der Waals surface area contributed by atoms with Crippen molar-refractivity contribution in [1.29, 1.82) is 0 Å². The van der Waals surface area contributed by atoms with Crippen LogP contribution in [0.5, 0.6) is 0 Å². The molecule has 0 unspecified atom stereocenters. The Balaban J connectivity index is 2.69. The predicted molar refractivity (Wildman–Crippen MR) is 72.6 cm³/mol. The molecule has 1 N–H and O–H groups in total. The highest BCUT2D eigenvalue weighted by atomic mass is 32.1. The Morgan fingerprint density at radius 1 is 1.42 bits per heavy atom. The molecule has 0 aromatic carbocycles. The number of hydrogen-bond acceptors (Lipinski definition) is 4. The molecule has 0 spiro atoms. The number of nitrogens with zero attached hydrogens (tertiary/aromatic N) is 2. The summed E-state index contributed by atoms with van der Waals surface area (Å²) < 4.78 is 37.6. The zero-order valence-corrected chi connectivity index (χ0v) is 12.2. The average Bonchev–Trinajstić information content (AvgIpc) is 2.73. The van der Waals surface area contributed by atoms with Gasteiger partial charge in [0.15, 0.2) is 5.13 Å². The summed E-state index contributed by atoms with van der Waals surface area (Å²) in [5, 5.41) is 5.42. The minimum absolute atomic E-state index is 0.232. The van der Waals surface area contributed by atoms with Crippen molar-refractivity contribution in [2.75, 3.05) is 18.0 Å². The van der Waals surface area contributed by atoms with Gasteiger partial charge in [-0.15, -0.1) is 11.3 Å². The topological polar surface area (TPSA) is 28.2 Å². The first-order chi connectivity index (χ1) is 8.83. The van der Waals surface area contributed by atoms with Crippen LogP contribution in [0, 0.1) is 0 Å². The fourth-order valence-electron chi connectivity index (χ4n) is 1.57. The van der Waals surface area contributed by atoms with Crippen LogP contribution >= 0.6 is 11.3 Å². The van der Waals surface area contributed by atoms with Crippen molar-refractivity contribution in [2.45, 2.75) is 46.0 Å². The number of aromatic nitrogens is 1. The van der Waals surface area contributed by atoms with Gasteiger partial charge in [-0.1, -0.05) is 6.92 Å². The summed E-state index contributed by atoms with van der Waals surface area (Å²) in [5.41, 5.74) is 0.793. The molecule has 0 saturated heterocycles. The molecule has 0 fully saturated rings. The molecule has 0 saturated carbocycles. The van der Waals surface area contributed by atoms with E-state index in [4.69, 9.17) is 0 Å². The van der Waals surface area contributed by atoms with Gasteiger partial charge in [0.05, 0.1) is 5.69 Å². The van der Waals surface area contributed by atoms with Crippen molar-refractivity contribution in [1.82, 2.24) is 10.3 Å². The molecule has 1 rings (SSSR count). The minimum atomic E-state index is -4.21. The van der Waals surface area contributed by atoms with E-state index in [9.17, 15) is 13.2 Å². The Labute approximate surface area is 115 Å². The SMILES string of the molecule is CCCNCc1csc(N(CC(F)(F)F)C(C)C)n1. The first-order valence-corrected chi connectivity index (χ1v) is 7.20. The van der Waals surface area contributed by atoms with E-state index < -0.39 is 12.7 Å². The van der Waals surface area contributed by atoms with E-state index in [1.165, 1.54) is 16.2 Å². The molecule has 0 amide bonds. The summed E-state index contributed by atoms with van der Waals surface area (Å²) in [5.74, 6) is 0. The molecule has 0 aliphatic carbocycles. The molecule has 3 nitrogen and oxygen atoms in total. The van der Waals surface area contributed by atoms with Crippen molar-refractivity contribution in [3.63, 3.8) is 0 Å². The third-order valence-electron chi connectivity index (χ3n) is 2.49. The van der Waals surface area contributed by atoms with Gasteiger partial charge in [0.25, 0.3) is 0 Å². The molecule has 0 bridgehead atoms. The van der Waals surface area contributed by atoms with Crippen molar-refractivity contribution in [3.05, 3.63) is 11.1 Å². The highest BCUT2D eigenvalue weighted by molar-refractivity contribution is 7.13. The van der Waals surface area contributed by atoms with Crippen LogP contribution in [-0.4, -0.2) is 30.3 Å². The molecule has 19 heavy (non-hydrogen) atoms. The van der Waals surface area contributed by atoms with Crippen LogP contribution in [0.2, 0.25) is 0 Å². The van der Waals surface area contributed by atoms with Crippen molar-refractivity contribution in [2.24, 2.45) is 0 Å². The number of anilines is 1. The highest BCUT2D eigenvalue weighted by Crippen LogP contribution is 2.27. The van der Waals surface area contributed by atoms with Crippen LogP contribution in [0.25, 0.3) is 0 Å². The third-order valence-corrected chi connectivity index (χ3v) is 3.42. The summed E-state index contributed by atoms with van der Waals surface area (Å²) in [6, 6.07) is -0.232. The summed E-state index contributed by atoms with van der Waals surface area (Å²) in [6.45, 7) is 6.05. The van der Waals surface area contributed by atoms with E-state index >= 15 is 0 Å². The molecule has 0 aliphatic heterocycles. The molecule has 1 heterocycles. The first-order valence-electron chi connectivity index (χ1n) is 6.32. The molecule has 110 valence electrons. The van der Waals surface area contributed by atoms with Crippen LogP contribution < -0.4 is 10.2 Å². The predicted octanol–water partition coefficient (Wildman–Crippen LogP) is 3.42. The molecule has 0 atom stereocenters. The molecule has 7 heteroatoms. The molecule has 1 aromatic heterocycles. The Morgan fingerprint density at radius 2 is 2.11 bits per heavy atom. The maximum Gasteiger partial charge on any atom is 0.406 e. The average molecular weight is 295 g/mol. The lowest BCUT2D eigenvalue weighted by Gasteiger charge is -2.27. The highest BCUT2D eigenvalue weighted by Gasteiger charge is 2.33. The van der Waals surface area contributed by atoms with E-state index in [1.54, 1.807) is 13.8 Å². The lowest BCUT2D eigenvalue weighted by atomic mass is 10.3. The van der Waals surface area contributed by atoms with Crippen molar-refractivity contribution < 1.29 is 13.2 Å². The van der Waals surface area contributed by atoms with Crippen LogP contribution in [0.4, 0.5) is 18.3 Å². The number of halogens is 3. The summed E-state index contributed by atoms with van der Waals surface area (Å²) in [4.78, 5) is 5.56. The molecule has 0 radical (unpaired) electrons. The van der Waals surface area contributed by atoms with Crippen LogP contribution in [-0.2, 0) is 6.54 Å². The van der Waals surface area contributed by atoms with Gasteiger partial charge in [0.2, 0.25) is 0 Å². The van der Waals surface area contributed by atoms with E-state index in [2.05, 4.69) is 17.2 Å². The largest absolute Gasteiger partial charge is 0.406 e. The van der Waals surface area contributed by atoms with Crippen molar-refractivity contribution in [3.8, 4) is 0 Å². The van der Waals surface area contributed by atoms with Gasteiger partial charge in [0, 0.05) is 18.0 Å². The van der Waals surface area contributed by atoms with Gasteiger partial charge in [0.1, 0.15) is 6.54 Å². The van der Waals surface area contributed by atoms with Crippen molar-refractivity contribution >= 4 is 16.5 Å². The lowest BCUT2D eigenvalue weighted by molar-refractivity contribution is -0.120. The van der Waals surface area contributed by atoms with Gasteiger partial charge >= 0.3 is 6.18 Å². The smallest absolute Gasteiger partial charge is 0.337 e. The summed E-state index contributed by atoms with van der Waals surface area (Å²) in [7, 11) is 0. The lowest BCUT2D eigenvalue weighted by Crippen LogP contribution is -2.39. The maximum absolute atomic E-state index is 12.5. The van der Waals surface area contributed by atoms with E-state index in [0.29, 0.717) is 11.7 Å². The second-order valence-corrected chi connectivity index (χ2v) is 5.47. The van der Waals surface area contributed by atoms with E-state index in [0.717, 1.165) is 18.7 Å². The number of thiazole rings is 1. The van der Waals surface area contributed by atoms with Gasteiger partial charge in [-0.3, -0.25) is 0 Å². The Morgan fingerprint density at radius 3 is 2.63 bits per heavy atom. The number of nitrogens with one attached hydrogen (secondary N) is 1. The Kier molecular flexibility index (Phi) is 6.06. The second kappa shape index (κ2) is 7.09. The van der Waals surface area contributed by atoms with Gasteiger partial charge in [-0.2, -0.15) is 13.2 Å². The van der Waals surface area contributed by atoms with Crippen LogP contribution in [0.1, 0.15) is 32.9 Å². The van der Waals surface area contributed by atoms with Gasteiger partial charge in [-0.05, 0) is 26.8 Å². The second-order valence-electron chi connectivity index (χ2n) is 4.64. The fraction of sp³-hybridized carbons (Fsp3) is 0.750. The standard InChI is InChI=1S/C12H20F3N3S/c1-4-5-16-6-10-7-19-11(17-10)18(9(2)3)8-12(13,14)15/h7,9,16H,4-6,8H2,1-3H3. The van der Waals surface area contributed by atoms with Gasteiger partial charge < -0.3 is 10.2 Å². The molecular weight excluding hydrogens is 275 g/mol. The molecule has 0 aliphatic rings. The molecular formula is C12H20F3N3S. The summed E-state index contributed by atoms with van der Waals surface area (Å²) >= 11 is 1.26. The number of alkyl halides is 3. The Hall–Kier alpha value is -0.820. The quantitative estimate of drug-likeness (QED) is 0.781. The third kappa shape index (κ3) is 5.78. The number of rotatable bonds is 7. The normalized spacial score (nSPS) is 12.2. The number of hydrogen-bond donors (Lipinski definition) is 1. The summed E-state index contributed by atoms with van der Waals surface area (Å²) in [6.07, 6.45) is -3.19. The van der Waals surface area contributed by atoms with Gasteiger partial charge in [-0.25, -0.2) is 4.98 Å². The fourth-order valence-corrected chi connectivity index (χ4v) is 2.53. The van der Waals surface area contributed by atoms with Crippen LogP contribution in [0.3, 0.4) is 0 Å². The zero-order valence-electron chi connectivity index (χ0n) is 11.4. The van der Waals surface area contributed by atoms with E-state index in [-0.39, 0.29) is 6.04 Å². The zero-order chi connectivity index (χ0) is 14.5.